The van der Waals surface area contributed by atoms with Gasteiger partial charge >= 0.3 is 0 Å². The number of hydrogen-bond acceptors (Lipinski definition) is 9. The molecule has 2 aromatic carbocycles. The van der Waals surface area contributed by atoms with Gasteiger partial charge in [-0.05, 0) is 24.3 Å². The fraction of sp³-hybridized carbons (Fsp3) is 0.0909. The lowest BCUT2D eigenvalue weighted by atomic mass is 10.2. The first-order valence-electron chi connectivity index (χ1n) is 9.92. The lowest BCUT2D eigenvalue weighted by molar-refractivity contribution is 0.0988. The van der Waals surface area contributed by atoms with Gasteiger partial charge in [-0.25, -0.2) is 4.98 Å². The van der Waals surface area contributed by atoms with Gasteiger partial charge in [0.05, 0.1) is 19.0 Å². The van der Waals surface area contributed by atoms with Crippen LogP contribution in [0.2, 0.25) is 5.02 Å². The molecule has 3 N–H and O–H groups in total. The molecule has 11 heteroatoms. The number of ether oxygens (including phenoxy) is 1. The van der Waals surface area contributed by atoms with Crippen LogP contribution in [0.4, 0.5) is 28.8 Å². The molecule has 166 valence electrons. The second kappa shape index (κ2) is 9.39. The number of benzene rings is 2. The molecule has 3 heterocycles. The number of thioether (sulfide) groups is 1. The second-order valence-corrected chi connectivity index (χ2v) is 8.52. The zero-order valence-corrected chi connectivity index (χ0v) is 18.6. The van der Waals surface area contributed by atoms with E-state index in [0.717, 1.165) is 16.3 Å². The van der Waals surface area contributed by atoms with Crippen LogP contribution in [0.1, 0.15) is 10.6 Å². The number of halogens is 1. The van der Waals surface area contributed by atoms with Crippen molar-refractivity contribution in [1.82, 2.24) is 15.1 Å². The Bertz CT molecular complexity index is 1300. The molecule has 6 bridgehead atoms. The molecule has 0 saturated heterocycles. The number of anilines is 5. The van der Waals surface area contributed by atoms with Crippen LogP contribution in [0.25, 0.3) is 0 Å². The third kappa shape index (κ3) is 5.18. The molecular formula is C22H17ClN6O3S. The number of aromatic nitrogens is 3. The summed E-state index contributed by atoms with van der Waals surface area (Å²) in [6, 6.07) is 14.7. The van der Waals surface area contributed by atoms with Gasteiger partial charge in [-0.1, -0.05) is 22.8 Å². The molecule has 0 aliphatic carbocycles. The van der Waals surface area contributed by atoms with Crippen LogP contribution < -0.4 is 20.7 Å². The predicted octanol–water partition coefficient (Wildman–Crippen LogP) is 5.34. The summed E-state index contributed by atoms with van der Waals surface area (Å²) < 4.78 is 10.9. The molecule has 0 radical (unpaired) electrons. The quantitative estimate of drug-likeness (QED) is 0.349. The van der Waals surface area contributed by atoms with Crippen LogP contribution in [0.15, 0.2) is 70.3 Å². The monoisotopic (exact) mass is 480 g/mol. The van der Waals surface area contributed by atoms with E-state index in [2.05, 4.69) is 31.1 Å². The molecule has 33 heavy (non-hydrogen) atoms. The highest BCUT2D eigenvalue weighted by molar-refractivity contribution is 7.99. The summed E-state index contributed by atoms with van der Waals surface area (Å²) in [6.45, 7) is 0.470. The van der Waals surface area contributed by atoms with E-state index in [9.17, 15) is 4.79 Å². The molecule has 0 unspecified atom stereocenters. The highest BCUT2D eigenvalue weighted by Gasteiger charge is 2.13. The van der Waals surface area contributed by atoms with Crippen molar-refractivity contribution >= 4 is 58.1 Å². The number of hydrogen-bond donors (Lipinski definition) is 3. The first-order valence-corrected chi connectivity index (χ1v) is 11.3. The van der Waals surface area contributed by atoms with Crippen molar-refractivity contribution in [1.29, 1.82) is 0 Å². The van der Waals surface area contributed by atoms with Crippen LogP contribution in [-0.4, -0.2) is 33.4 Å². The Morgan fingerprint density at radius 2 is 2.06 bits per heavy atom. The van der Waals surface area contributed by atoms with Crippen LogP contribution in [-0.2, 0) is 0 Å². The standard InChI is InChI=1S/C22H17ClN6O3S/c23-18-12-24-22-28-15-8-14(27-21(30)19-4-5-25-32-19)9-16(10-15)31-6-7-33-17-3-1-2-13(11-17)26-20(18)29-22/h1-5,8-12H,6-7H2,(H,27,30)(H2,24,26,28,29). The summed E-state index contributed by atoms with van der Waals surface area (Å²) in [4.78, 5) is 22.3. The SMILES string of the molecule is O=C(Nc1cc2cc(c1)OCCSc1cccc(c1)Nc1nc(ncc1Cl)N2)c1ccno1. The summed E-state index contributed by atoms with van der Waals surface area (Å²) in [5.41, 5.74) is 1.99. The zero-order chi connectivity index (χ0) is 22.6. The van der Waals surface area contributed by atoms with Gasteiger partial charge in [0, 0.05) is 45.9 Å². The first kappa shape index (κ1) is 21.1. The van der Waals surface area contributed by atoms with Crippen LogP contribution in [0, 0.1) is 0 Å². The molecular weight excluding hydrogens is 464 g/mol. The van der Waals surface area contributed by atoms with E-state index < -0.39 is 5.91 Å². The van der Waals surface area contributed by atoms with Gasteiger partial charge in [0.15, 0.2) is 5.82 Å². The van der Waals surface area contributed by atoms with Gasteiger partial charge < -0.3 is 25.2 Å². The summed E-state index contributed by atoms with van der Waals surface area (Å²) in [5.74, 6) is 1.78. The minimum atomic E-state index is -0.425. The molecule has 1 aliphatic heterocycles. The van der Waals surface area contributed by atoms with E-state index in [1.165, 1.54) is 18.5 Å². The van der Waals surface area contributed by atoms with E-state index in [1.54, 1.807) is 30.0 Å². The Kier molecular flexibility index (Phi) is 6.01. The topological polar surface area (TPSA) is 114 Å². The van der Waals surface area contributed by atoms with Crippen molar-refractivity contribution in [2.24, 2.45) is 0 Å². The number of amides is 1. The minimum Gasteiger partial charge on any atom is -0.493 e. The van der Waals surface area contributed by atoms with E-state index in [4.69, 9.17) is 20.9 Å². The maximum absolute atomic E-state index is 12.4. The zero-order valence-electron chi connectivity index (χ0n) is 17.0. The van der Waals surface area contributed by atoms with Gasteiger partial charge in [-0.15, -0.1) is 11.8 Å². The molecule has 2 aromatic heterocycles. The van der Waals surface area contributed by atoms with Gasteiger partial charge in [0.1, 0.15) is 10.8 Å². The molecule has 0 fully saturated rings. The van der Waals surface area contributed by atoms with Gasteiger partial charge in [0.2, 0.25) is 11.7 Å². The average Bonchev–Trinajstić information content (AvgIpc) is 3.34. The molecule has 0 saturated carbocycles. The maximum atomic E-state index is 12.4. The van der Waals surface area contributed by atoms with E-state index in [0.29, 0.717) is 40.5 Å². The van der Waals surface area contributed by atoms with E-state index in [1.807, 2.05) is 24.3 Å². The number of nitrogens with one attached hydrogen (secondary N) is 3. The molecule has 1 amide bonds. The van der Waals surface area contributed by atoms with Crippen molar-refractivity contribution in [3.8, 4) is 5.75 Å². The van der Waals surface area contributed by atoms with Crippen molar-refractivity contribution in [2.45, 2.75) is 4.90 Å². The molecule has 1 aliphatic rings. The Morgan fingerprint density at radius 1 is 1.12 bits per heavy atom. The van der Waals surface area contributed by atoms with E-state index >= 15 is 0 Å². The third-order valence-corrected chi connectivity index (χ3v) is 5.78. The summed E-state index contributed by atoms with van der Waals surface area (Å²) in [6.07, 6.45) is 2.92. The molecule has 5 rings (SSSR count). The van der Waals surface area contributed by atoms with Crippen LogP contribution in [0.3, 0.4) is 0 Å². The lowest BCUT2D eigenvalue weighted by Crippen LogP contribution is -2.11. The van der Waals surface area contributed by atoms with Crippen molar-refractivity contribution < 1.29 is 14.1 Å². The van der Waals surface area contributed by atoms with E-state index in [-0.39, 0.29) is 5.76 Å². The van der Waals surface area contributed by atoms with Crippen LogP contribution >= 0.6 is 23.4 Å². The number of fused-ring (bicyclic) bond motifs is 6. The van der Waals surface area contributed by atoms with Gasteiger partial charge in [0.25, 0.3) is 5.91 Å². The fourth-order valence-electron chi connectivity index (χ4n) is 3.12. The summed E-state index contributed by atoms with van der Waals surface area (Å²) >= 11 is 7.98. The Labute approximate surface area is 197 Å². The summed E-state index contributed by atoms with van der Waals surface area (Å²) in [7, 11) is 0. The number of nitrogens with zero attached hydrogens (tertiary/aromatic N) is 3. The Hall–Kier alpha value is -3.76. The highest BCUT2D eigenvalue weighted by atomic mass is 35.5. The third-order valence-electron chi connectivity index (χ3n) is 4.54. The van der Waals surface area contributed by atoms with Gasteiger partial charge in [-0.2, -0.15) is 4.98 Å². The predicted molar refractivity (Wildman–Crippen MR) is 127 cm³/mol. The van der Waals surface area contributed by atoms with Crippen molar-refractivity contribution in [3.05, 3.63) is 71.7 Å². The molecule has 9 nitrogen and oxygen atoms in total. The second-order valence-electron chi connectivity index (χ2n) is 6.94. The minimum absolute atomic E-state index is 0.101. The van der Waals surface area contributed by atoms with Crippen molar-refractivity contribution in [3.63, 3.8) is 0 Å². The summed E-state index contributed by atoms with van der Waals surface area (Å²) in [5, 5.41) is 13.1. The number of carbonyl (C=O) groups is 1. The first-order chi connectivity index (χ1) is 16.1. The number of rotatable bonds is 2. The molecule has 0 atom stereocenters. The average molecular weight is 481 g/mol. The molecule has 0 spiro atoms. The van der Waals surface area contributed by atoms with Crippen molar-refractivity contribution in [2.75, 3.05) is 28.3 Å². The maximum Gasteiger partial charge on any atom is 0.294 e. The fourth-order valence-corrected chi connectivity index (χ4v) is 4.04. The highest BCUT2D eigenvalue weighted by Crippen LogP contribution is 2.31. The van der Waals surface area contributed by atoms with Crippen LogP contribution in [0.5, 0.6) is 5.75 Å². The lowest BCUT2D eigenvalue weighted by Gasteiger charge is -2.13. The smallest absolute Gasteiger partial charge is 0.294 e. The Balaban J connectivity index is 1.48. The molecule has 4 aromatic rings. The number of carbonyl (C=O) groups excluding carboxylic acids is 1. The Morgan fingerprint density at radius 3 is 2.94 bits per heavy atom. The largest absolute Gasteiger partial charge is 0.493 e. The normalized spacial score (nSPS) is 12.9. The van der Waals surface area contributed by atoms with Gasteiger partial charge in [-0.3, -0.25) is 4.79 Å².